The van der Waals surface area contributed by atoms with Crippen molar-refractivity contribution in [2.24, 2.45) is 4.99 Å². The average Bonchev–Trinajstić information content (AvgIpc) is 3.22. The number of hydrogen-bond donors (Lipinski definition) is 4. The lowest BCUT2D eigenvalue weighted by atomic mass is 9.99. The normalized spacial score (nSPS) is 18.8. The van der Waals surface area contributed by atoms with Gasteiger partial charge in [-0.1, -0.05) is 6.92 Å². The van der Waals surface area contributed by atoms with Crippen LogP contribution in [0.25, 0.3) is 10.9 Å². The lowest BCUT2D eigenvalue weighted by molar-refractivity contribution is -0.130. The molecule has 0 radical (unpaired) electrons. The number of H-pyrrole nitrogens is 1. The summed E-state index contributed by atoms with van der Waals surface area (Å²) < 4.78 is 13.3. The van der Waals surface area contributed by atoms with Crippen LogP contribution in [0.15, 0.2) is 29.4 Å². The molecule has 3 amide bonds. The van der Waals surface area contributed by atoms with Gasteiger partial charge in [0.05, 0.1) is 0 Å². The number of aromatic amines is 1. The van der Waals surface area contributed by atoms with Crippen molar-refractivity contribution >= 4 is 52.8 Å². The van der Waals surface area contributed by atoms with E-state index in [-0.39, 0.29) is 41.7 Å². The zero-order valence-corrected chi connectivity index (χ0v) is 20.4. The fourth-order valence-electron chi connectivity index (χ4n) is 3.54. The second-order valence-corrected chi connectivity index (χ2v) is 7.61. The van der Waals surface area contributed by atoms with E-state index in [1.807, 2.05) is 13.1 Å². The monoisotopic (exact) mass is 544 g/mol. The number of urea groups is 1. The molecule has 3 rings (SSSR count). The third-order valence-electron chi connectivity index (χ3n) is 5.54. The number of nitrogens with zero attached hydrogens (tertiary/aromatic N) is 2. The van der Waals surface area contributed by atoms with Crippen molar-refractivity contribution in [2.75, 3.05) is 26.7 Å². The molecule has 1 aromatic heterocycles. The van der Waals surface area contributed by atoms with Gasteiger partial charge in [-0.3, -0.25) is 14.7 Å². The van der Waals surface area contributed by atoms with Gasteiger partial charge in [-0.2, -0.15) is 0 Å². The maximum absolute atomic E-state index is 13.3. The molecule has 4 N–H and O–H groups in total. The van der Waals surface area contributed by atoms with E-state index in [2.05, 4.69) is 25.9 Å². The summed E-state index contributed by atoms with van der Waals surface area (Å²) in [5.74, 6) is 0.221. The third-order valence-corrected chi connectivity index (χ3v) is 5.54. The van der Waals surface area contributed by atoms with Gasteiger partial charge < -0.3 is 20.9 Å². The molecule has 2 heterocycles. The van der Waals surface area contributed by atoms with Crippen molar-refractivity contribution in [3.05, 3.63) is 35.8 Å². The molecule has 2 aromatic rings. The number of guanidine groups is 1. The molecule has 1 aliphatic rings. The number of fused-ring (bicyclic) bond motifs is 1. The van der Waals surface area contributed by atoms with E-state index in [1.54, 1.807) is 20.0 Å². The number of halogens is 2. The first-order valence-electron chi connectivity index (χ1n) is 10.2. The highest BCUT2D eigenvalue weighted by Gasteiger charge is 2.45. The third kappa shape index (κ3) is 5.66. The molecule has 170 valence electrons. The fraction of sp³-hybridized carbons (Fsp3) is 0.476. The topological polar surface area (TPSA) is 102 Å². The first-order chi connectivity index (χ1) is 14.4. The van der Waals surface area contributed by atoms with Gasteiger partial charge in [-0.05, 0) is 49.9 Å². The van der Waals surface area contributed by atoms with Gasteiger partial charge in [0.1, 0.15) is 11.4 Å². The quantitative estimate of drug-likeness (QED) is 0.135. The predicted molar refractivity (Wildman–Crippen MR) is 130 cm³/mol. The smallest absolute Gasteiger partial charge is 0.325 e. The van der Waals surface area contributed by atoms with Crippen LogP contribution in [0.5, 0.6) is 0 Å². The minimum absolute atomic E-state index is 0. The summed E-state index contributed by atoms with van der Waals surface area (Å²) in [5, 5.41) is 10.2. The molecule has 1 unspecified atom stereocenters. The number of imide groups is 1. The number of benzene rings is 1. The molecule has 1 aliphatic heterocycles. The van der Waals surface area contributed by atoms with Gasteiger partial charge in [0.25, 0.3) is 5.91 Å². The van der Waals surface area contributed by atoms with Gasteiger partial charge in [-0.15, -0.1) is 24.0 Å². The highest BCUT2D eigenvalue weighted by molar-refractivity contribution is 14.0. The van der Waals surface area contributed by atoms with Gasteiger partial charge in [0.2, 0.25) is 0 Å². The molecule has 8 nitrogen and oxygen atoms in total. The Hall–Kier alpha value is -2.37. The molecule has 1 atom stereocenters. The number of aliphatic imine (C=N–C) groups is 1. The number of rotatable bonds is 8. The summed E-state index contributed by atoms with van der Waals surface area (Å²) in [7, 11) is 1.69. The van der Waals surface area contributed by atoms with E-state index >= 15 is 0 Å². The highest BCUT2D eigenvalue weighted by atomic mass is 127. The van der Waals surface area contributed by atoms with E-state index in [0.29, 0.717) is 38.4 Å². The Morgan fingerprint density at radius 2 is 2.00 bits per heavy atom. The number of hydrogen-bond acceptors (Lipinski definition) is 3. The molecular formula is C21H30FIN6O2. The Morgan fingerprint density at radius 3 is 2.68 bits per heavy atom. The van der Waals surface area contributed by atoms with Gasteiger partial charge in [0.15, 0.2) is 5.96 Å². The van der Waals surface area contributed by atoms with Gasteiger partial charge in [0, 0.05) is 43.8 Å². The van der Waals surface area contributed by atoms with Crippen LogP contribution in [0.3, 0.4) is 0 Å². The maximum Gasteiger partial charge on any atom is 0.325 e. The Bertz CT molecular complexity index is 962. The average molecular weight is 544 g/mol. The molecule has 10 heteroatoms. The van der Waals surface area contributed by atoms with Crippen LogP contribution in [0.4, 0.5) is 9.18 Å². The SMILES string of the molecule is CCC1(C)NC(=O)N(CCCNC(=NC)NCCc2c[nH]c3cc(F)ccc23)C1=O.I. The summed E-state index contributed by atoms with van der Waals surface area (Å²) in [6.45, 7) is 5.23. The highest BCUT2D eigenvalue weighted by Crippen LogP contribution is 2.21. The van der Waals surface area contributed by atoms with Crippen LogP contribution in [-0.2, 0) is 11.2 Å². The summed E-state index contributed by atoms with van der Waals surface area (Å²) in [5.41, 5.74) is 1.09. The number of carbonyl (C=O) groups is 2. The summed E-state index contributed by atoms with van der Waals surface area (Å²) in [4.78, 5) is 33.0. The van der Waals surface area contributed by atoms with Crippen molar-refractivity contribution in [1.82, 2.24) is 25.8 Å². The lowest BCUT2D eigenvalue weighted by Gasteiger charge is -2.19. The van der Waals surface area contributed by atoms with Crippen molar-refractivity contribution in [1.29, 1.82) is 0 Å². The molecule has 31 heavy (non-hydrogen) atoms. The Labute approximate surface area is 198 Å². The van der Waals surface area contributed by atoms with Crippen LogP contribution in [-0.4, -0.2) is 60.0 Å². The van der Waals surface area contributed by atoms with Crippen LogP contribution >= 0.6 is 24.0 Å². The summed E-state index contributed by atoms with van der Waals surface area (Å²) in [6.07, 6.45) is 3.83. The van der Waals surface area contributed by atoms with Gasteiger partial charge >= 0.3 is 6.03 Å². The maximum atomic E-state index is 13.3. The Balaban J connectivity index is 0.00000341. The van der Waals surface area contributed by atoms with Crippen molar-refractivity contribution in [3.8, 4) is 0 Å². The van der Waals surface area contributed by atoms with E-state index < -0.39 is 5.54 Å². The molecule has 0 saturated carbocycles. The largest absolute Gasteiger partial charge is 0.361 e. The Kier molecular flexibility index (Phi) is 8.66. The zero-order chi connectivity index (χ0) is 21.7. The van der Waals surface area contributed by atoms with Crippen molar-refractivity contribution in [3.63, 3.8) is 0 Å². The number of nitrogens with one attached hydrogen (secondary N) is 4. The summed E-state index contributed by atoms with van der Waals surface area (Å²) in [6, 6.07) is 4.40. The second-order valence-electron chi connectivity index (χ2n) is 7.61. The molecule has 0 spiro atoms. The Morgan fingerprint density at radius 1 is 1.26 bits per heavy atom. The summed E-state index contributed by atoms with van der Waals surface area (Å²) >= 11 is 0. The first kappa shape index (κ1) is 24.9. The van der Waals surface area contributed by atoms with Crippen LogP contribution in [0.2, 0.25) is 0 Å². The number of amides is 3. The van der Waals surface area contributed by atoms with Crippen molar-refractivity contribution in [2.45, 2.75) is 38.6 Å². The predicted octanol–water partition coefficient (Wildman–Crippen LogP) is 2.74. The van der Waals surface area contributed by atoms with Crippen molar-refractivity contribution < 1.29 is 14.0 Å². The molecule has 0 bridgehead atoms. The van der Waals surface area contributed by atoms with E-state index in [1.165, 1.54) is 17.0 Å². The molecule has 1 fully saturated rings. The van der Waals surface area contributed by atoms with Crippen LogP contribution in [0, 0.1) is 5.82 Å². The second kappa shape index (κ2) is 10.8. The molecule has 0 aliphatic carbocycles. The molecule has 1 saturated heterocycles. The van der Waals surface area contributed by atoms with E-state index in [9.17, 15) is 14.0 Å². The van der Waals surface area contributed by atoms with E-state index in [4.69, 9.17) is 0 Å². The molecule has 1 aromatic carbocycles. The zero-order valence-electron chi connectivity index (χ0n) is 18.0. The van der Waals surface area contributed by atoms with Crippen LogP contribution < -0.4 is 16.0 Å². The number of carbonyl (C=O) groups excluding carboxylic acids is 2. The van der Waals surface area contributed by atoms with E-state index in [0.717, 1.165) is 22.9 Å². The van der Waals surface area contributed by atoms with Gasteiger partial charge in [-0.25, -0.2) is 9.18 Å². The minimum atomic E-state index is -0.795. The van der Waals surface area contributed by atoms with Crippen LogP contribution in [0.1, 0.15) is 32.3 Å². The molecular weight excluding hydrogens is 514 g/mol. The standard InChI is InChI=1S/C21H29FN6O2.HI/c1-4-21(2)18(29)28(20(30)27-21)11-5-9-24-19(23-3)25-10-8-14-13-26-17-12-15(22)6-7-16(14)17;/h6-7,12-13,26H,4-5,8-11H2,1-3H3,(H,27,30)(H2,23,24,25);1H. The lowest BCUT2D eigenvalue weighted by Crippen LogP contribution is -2.43. The fourth-order valence-corrected chi connectivity index (χ4v) is 3.54. The first-order valence-corrected chi connectivity index (χ1v) is 10.2. The minimum Gasteiger partial charge on any atom is -0.361 e. The number of aromatic nitrogens is 1.